The highest BCUT2D eigenvalue weighted by Gasteiger charge is 1.95. The summed E-state index contributed by atoms with van der Waals surface area (Å²) < 4.78 is 0. The molecule has 1 rings (SSSR count). The highest BCUT2D eigenvalue weighted by Crippen LogP contribution is 2.21. The monoisotopic (exact) mass is 155 g/mol. The summed E-state index contributed by atoms with van der Waals surface area (Å²) in [6, 6.07) is 4.94. The molecule has 0 radical (unpaired) electrons. The zero-order valence-electron chi connectivity index (χ0n) is 5.47. The molecule has 0 unspecified atom stereocenters. The number of benzene rings is 1. The Labute approximate surface area is 63.8 Å². The number of aryl methyl sites for hydroxylation is 1. The first kappa shape index (κ1) is 7.22. The lowest BCUT2D eigenvalue weighted by atomic mass is 10.2. The Morgan fingerprint density at radius 1 is 1.50 bits per heavy atom. The van der Waals surface area contributed by atoms with Crippen LogP contribution in [0.25, 0.3) is 0 Å². The van der Waals surface area contributed by atoms with E-state index < -0.39 is 0 Å². The summed E-state index contributed by atoms with van der Waals surface area (Å²) in [7, 11) is 0. The summed E-state index contributed by atoms with van der Waals surface area (Å²) in [5.74, 6) is 0. The molecule has 0 spiro atoms. The lowest BCUT2D eigenvalue weighted by Crippen LogP contribution is -1.71. The maximum atomic E-state index is 9.96. The van der Waals surface area contributed by atoms with Crippen LogP contribution in [-0.2, 0) is 0 Å². The van der Waals surface area contributed by atoms with E-state index in [-0.39, 0.29) is 0 Å². The molecule has 0 aliphatic heterocycles. The lowest BCUT2D eigenvalue weighted by Gasteiger charge is -1.94. The van der Waals surface area contributed by atoms with Gasteiger partial charge in [-0.25, -0.2) is 0 Å². The van der Waals surface area contributed by atoms with Crippen LogP contribution in [0.1, 0.15) is 5.56 Å². The van der Waals surface area contributed by atoms with Crippen LogP contribution in [0.4, 0.5) is 5.69 Å². The summed E-state index contributed by atoms with van der Waals surface area (Å²) in [5.41, 5.74) is 1.32. The van der Waals surface area contributed by atoms with Crippen molar-refractivity contribution in [1.82, 2.24) is 0 Å². The fourth-order valence-electron chi connectivity index (χ4n) is 0.639. The van der Waals surface area contributed by atoms with Crippen molar-refractivity contribution < 1.29 is 0 Å². The van der Waals surface area contributed by atoms with E-state index in [1.165, 1.54) is 0 Å². The van der Waals surface area contributed by atoms with Crippen molar-refractivity contribution in [3.8, 4) is 0 Å². The van der Waals surface area contributed by atoms with E-state index in [4.69, 9.17) is 11.6 Å². The third kappa shape index (κ3) is 1.33. The van der Waals surface area contributed by atoms with Crippen LogP contribution in [0.5, 0.6) is 0 Å². The molecule has 0 saturated carbocycles. The molecule has 0 bridgehead atoms. The molecule has 0 fully saturated rings. The Hall–Kier alpha value is -0.890. The Morgan fingerprint density at radius 2 is 2.20 bits per heavy atom. The second kappa shape index (κ2) is 2.80. The number of nitrogens with zero attached hydrogens (tertiary/aromatic N) is 1. The zero-order valence-corrected chi connectivity index (χ0v) is 6.22. The number of rotatable bonds is 1. The van der Waals surface area contributed by atoms with Crippen molar-refractivity contribution in [3.05, 3.63) is 33.7 Å². The third-order valence-corrected chi connectivity index (χ3v) is 1.67. The van der Waals surface area contributed by atoms with Gasteiger partial charge in [-0.3, -0.25) is 0 Å². The average molecular weight is 156 g/mol. The van der Waals surface area contributed by atoms with Crippen molar-refractivity contribution in [2.75, 3.05) is 0 Å². The van der Waals surface area contributed by atoms with Gasteiger partial charge in [0.05, 0.1) is 0 Å². The average Bonchev–Trinajstić information content (AvgIpc) is 1.95. The minimum Gasteiger partial charge on any atom is -0.145 e. The minimum atomic E-state index is 0.371. The number of hydrogen-bond acceptors (Lipinski definition) is 2. The van der Waals surface area contributed by atoms with E-state index in [1.807, 2.05) is 6.92 Å². The van der Waals surface area contributed by atoms with Gasteiger partial charge in [0.25, 0.3) is 0 Å². The van der Waals surface area contributed by atoms with Crippen LogP contribution in [0.3, 0.4) is 0 Å². The van der Waals surface area contributed by atoms with Crippen LogP contribution in [0.2, 0.25) is 5.02 Å². The van der Waals surface area contributed by atoms with Gasteiger partial charge in [-0.1, -0.05) is 17.7 Å². The molecule has 10 heavy (non-hydrogen) atoms. The highest BCUT2D eigenvalue weighted by molar-refractivity contribution is 6.31. The number of hydrogen-bond donors (Lipinski definition) is 0. The molecule has 3 heteroatoms. The maximum absolute atomic E-state index is 9.96. The smallest absolute Gasteiger partial charge is 0.109 e. The standard InChI is InChI=1S/C7H6ClNO/c1-5-2-3-6(9-10)4-7(5)8/h2-4H,1H3. The Bertz CT molecular complexity index is 260. The van der Waals surface area contributed by atoms with Crippen LogP contribution in [0.15, 0.2) is 23.4 Å². The van der Waals surface area contributed by atoms with Crippen molar-refractivity contribution >= 4 is 17.3 Å². The maximum Gasteiger partial charge on any atom is 0.109 e. The van der Waals surface area contributed by atoms with E-state index in [1.54, 1.807) is 18.2 Å². The van der Waals surface area contributed by atoms with E-state index >= 15 is 0 Å². The molecular weight excluding hydrogens is 150 g/mol. The van der Waals surface area contributed by atoms with Gasteiger partial charge in [0.1, 0.15) is 5.69 Å². The van der Waals surface area contributed by atoms with Gasteiger partial charge in [0.2, 0.25) is 0 Å². The molecule has 0 heterocycles. The summed E-state index contributed by atoms with van der Waals surface area (Å²) in [4.78, 5) is 9.96. The predicted molar refractivity (Wildman–Crippen MR) is 41.6 cm³/mol. The molecule has 0 N–H and O–H groups in total. The highest BCUT2D eigenvalue weighted by atomic mass is 35.5. The van der Waals surface area contributed by atoms with Crippen LogP contribution < -0.4 is 0 Å². The van der Waals surface area contributed by atoms with Gasteiger partial charge in [0.15, 0.2) is 0 Å². The van der Waals surface area contributed by atoms with Crippen molar-refractivity contribution in [2.45, 2.75) is 6.92 Å². The third-order valence-electron chi connectivity index (χ3n) is 1.26. The molecule has 1 aromatic rings. The van der Waals surface area contributed by atoms with Gasteiger partial charge in [0, 0.05) is 5.02 Å². The van der Waals surface area contributed by atoms with Crippen molar-refractivity contribution in [1.29, 1.82) is 0 Å². The van der Waals surface area contributed by atoms with Gasteiger partial charge < -0.3 is 0 Å². The first-order chi connectivity index (χ1) is 4.74. The summed E-state index contributed by atoms with van der Waals surface area (Å²) in [5, 5.41) is 3.32. The quantitative estimate of drug-likeness (QED) is 0.573. The molecule has 1 aromatic carbocycles. The topological polar surface area (TPSA) is 29.4 Å². The fraction of sp³-hybridized carbons (Fsp3) is 0.143. The summed E-state index contributed by atoms with van der Waals surface area (Å²) >= 11 is 5.69. The zero-order chi connectivity index (χ0) is 7.56. The number of halogens is 1. The van der Waals surface area contributed by atoms with Crippen LogP contribution in [0, 0.1) is 11.8 Å². The van der Waals surface area contributed by atoms with Crippen molar-refractivity contribution in [2.24, 2.45) is 5.18 Å². The molecule has 0 aliphatic carbocycles. The largest absolute Gasteiger partial charge is 0.145 e. The minimum absolute atomic E-state index is 0.371. The van der Waals surface area contributed by atoms with Gasteiger partial charge in [-0.05, 0) is 29.8 Å². The molecule has 0 aromatic heterocycles. The normalized spacial score (nSPS) is 9.40. The SMILES string of the molecule is Cc1ccc(N=O)cc1Cl. The Morgan fingerprint density at radius 3 is 2.70 bits per heavy atom. The van der Waals surface area contributed by atoms with E-state index in [0.717, 1.165) is 5.56 Å². The summed E-state index contributed by atoms with van der Waals surface area (Å²) in [6.07, 6.45) is 0. The van der Waals surface area contributed by atoms with Crippen molar-refractivity contribution in [3.63, 3.8) is 0 Å². The van der Waals surface area contributed by atoms with E-state index in [9.17, 15) is 4.91 Å². The molecule has 0 saturated heterocycles. The molecule has 52 valence electrons. The molecule has 0 atom stereocenters. The van der Waals surface area contributed by atoms with Crippen LogP contribution >= 0.6 is 11.6 Å². The van der Waals surface area contributed by atoms with Gasteiger partial charge >= 0.3 is 0 Å². The Balaban J connectivity index is 3.16. The molecular formula is C7H6ClNO. The van der Waals surface area contributed by atoms with Gasteiger partial charge in [-0.15, -0.1) is 4.91 Å². The Kier molecular flexibility index (Phi) is 2.02. The summed E-state index contributed by atoms with van der Waals surface area (Å²) in [6.45, 7) is 1.87. The van der Waals surface area contributed by atoms with E-state index in [0.29, 0.717) is 10.7 Å². The number of nitroso groups, excluding NO2 is 1. The molecule has 2 nitrogen and oxygen atoms in total. The predicted octanol–water partition coefficient (Wildman–Crippen LogP) is 3.05. The van der Waals surface area contributed by atoms with Crippen LogP contribution in [-0.4, -0.2) is 0 Å². The molecule has 0 aliphatic rings. The molecule has 0 amide bonds. The van der Waals surface area contributed by atoms with E-state index in [2.05, 4.69) is 5.18 Å². The first-order valence-corrected chi connectivity index (χ1v) is 3.21. The second-order valence-corrected chi connectivity index (χ2v) is 2.43. The fourth-order valence-corrected chi connectivity index (χ4v) is 0.813. The first-order valence-electron chi connectivity index (χ1n) is 2.83. The second-order valence-electron chi connectivity index (χ2n) is 2.02. The van der Waals surface area contributed by atoms with Gasteiger partial charge in [-0.2, -0.15) is 0 Å². The lowest BCUT2D eigenvalue weighted by molar-refractivity contribution is 1.42.